The highest BCUT2D eigenvalue weighted by Crippen LogP contribution is 2.12. The minimum absolute atomic E-state index is 0.213. The molecule has 0 unspecified atom stereocenters. The standard InChI is InChI=1S/C15H28O3/c1-3-4-5-6-8-11-14(18-2)12-9-7-10-13-15(16)17/h7,9,14H,3-6,8,10-13H2,1-2H3,(H,16,17)/b9-7+/t14-/m1/s1. The molecule has 3 nitrogen and oxygen atoms in total. The Morgan fingerprint density at radius 3 is 2.56 bits per heavy atom. The summed E-state index contributed by atoms with van der Waals surface area (Å²) < 4.78 is 5.42. The summed E-state index contributed by atoms with van der Waals surface area (Å²) in [6.07, 6.45) is 13.5. The van der Waals surface area contributed by atoms with Gasteiger partial charge in [-0.25, -0.2) is 0 Å². The molecule has 1 N–H and O–H groups in total. The highest BCUT2D eigenvalue weighted by atomic mass is 16.5. The van der Waals surface area contributed by atoms with Crippen molar-refractivity contribution in [2.45, 2.75) is 70.8 Å². The predicted molar refractivity (Wildman–Crippen MR) is 74.8 cm³/mol. The summed E-state index contributed by atoms with van der Waals surface area (Å²) >= 11 is 0. The first-order valence-corrected chi connectivity index (χ1v) is 7.10. The van der Waals surface area contributed by atoms with Gasteiger partial charge in [-0.3, -0.25) is 4.79 Å². The van der Waals surface area contributed by atoms with Crippen LogP contribution in [0.4, 0.5) is 0 Å². The average molecular weight is 256 g/mol. The van der Waals surface area contributed by atoms with Crippen molar-refractivity contribution < 1.29 is 14.6 Å². The van der Waals surface area contributed by atoms with Gasteiger partial charge < -0.3 is 9.84 Å². The minimum atomic E-state index is -0.737. The molecule has 0 aliphatic carbocycles. The van der Waals surface area contributed by atoms with E-state index in [0.717, 1.165) is 12.8 Å². The van der Waals surface area contributed by atoms with Crippen molar-refractivity contribution >= 4 is 5.97 Å². The van der Waals surface area contributed by atoms with E-state index >= 15 is 0 Å². The lowest BCUT2D eigenvalue weighted by molar-refractivity contribution is -0.136. The highest BCUT2D eigenvalue weighted by Gasteiger charge is 2.04. The SMILES string of the molecule is CCCCCCC[C@H](C/C=C/CCC(=O)O)OC. The van der Waals surface area contributed by atoms with Crippen LogP contribution in [0.25, 0.3) is 0 Å². The molecule has 1 atom stereocenters. The Kier molecular flexibility index (Phi) is 12.0. The highest BCUT2D eigenvalue weighted by molar-refractivity contribution is 5.66. The molecule has 0 fully saturated rings. The van der Waals surface area contributed by atoms with Crippen LogP contribution in [0.3, 0.4) is 0 Å². The van der Waals surface area contributed by atoms with Crippen LogP contribution >= 0.6 is 0 Å². The summed E-state index contributed by atoms with van der Waals surface area (Å²) in [6.45, 7) is 2.22. The van der Waals surface area contributed by atoms with Crippen molar-refractivity contribution in [3.8, 4) is 0 Å². The molecule has 0 aromatic heterocycles. The van der Waals surface area contributed by atoms with E-state index in [0.29, 0.717) is 6.42 Å². The second kappa shape index (κ2) is 12.6. The maximum atomic E-state index is 10.3. The summed E-state index contributed by atoms with van der Waals surface area (Å²) in [5.41, 5.74) is 0. The predicted octanol–water partition coefficient (Wildman–Crippen LogP) is 4.17. The van der Waals surface area contributed by atoms with Gasteiger partial charge in [0, 0.05) is 13.5 Å². The third-order valence-electron chi connectivity index (χ3n) is 3.05. The third kappa shape index (κ3) is 11.6. The quantitative estimate of drug-likeness (QED) is 0.421. The summed E-state index contributed by atoms with van der Waals surface area (Å²) in [4.78, 5) is 10.3. The third-order valence-corrected chi connectivity index (χ3v) is 3.05. The zero-order valence-corrected chi connectivity index (χ0v) is 11.9. The monoisotopic (exact) mass is 256 g/mol. The number of unbranched alkanes of at least 4 members (excludes halogenated alkanes) is 4. The second-order valence-corrected chi connectivity index (χ2v) is 4.70. The van der Waals surface area contributed by atoms with Gasteiger partial charge in [0.25, 0.3) is 0 Å². The van der Waals surface area contributed by atoms with Crippen LogP contribution in [0.1, 0.15) is 64.7 Å². The maximum absolute atomic E-state index is 10.3. The Bertz CT molecular complexity index is 224. The molecule has 0 aliphatic heterocycles. The van der Waals surface area contributed by atoms with Crippen LogP contribution in [0.2, 0.25) is 0 Å². The number of methoxy groups -OCH3 is 1. The van der Waals surface area contributed by atoms with Crippen LogP contribution in [-0.4, -0.2) is 24.3 Å². The molecule has 0 spiro atoms. The number of hydrogen-bond acceptors (Lipinski definition) is 2. The van der Waals surface area contributed by atoms with Gasteiger partial charge >= 0.3 is 5.97 Å². The van der Waals surface area contributed by atoms with Crippen LogP contribution in [0.15, 0.2) is 12.2 Å². The van der Waals surface area contributed by atoms with Crippen molar-refractivity contribution in [3.63, 3.8) is 0 Å². The largest absolute Gasteiger partial charge is 0.481 e. The number of rotatable bonds is 12. The van der Waals surface area contributed by atoms with E-state index in [1.54, 1.807) is 7.11 Å². The van der Waals surface area contributed by atoms with Gasteiger partial charge in [0.15, 0.2) is 0 Å². The molecule has 106 valence electrons. The molecule has 0 saturated carbocycles. The van der Waals surface area contributed by atoms with Crippen molar-refractivity contribution in [2.75, 3.05) is 7.11 Å². The lowest BCUT2D eigenvalue weighted by atomic mass is 10.1. The van der Waals surface area contributed by atoms with Gasteiger partial charge in [-0.15, -0.1) is 0 Å². The Morgan fingerprint density at radius 1 is 1.22 bits per heavy atom. The first-order chi connectivity index (χ1) is 8.70. The van der Waals surface area contributed by atoms with Crippen molar-refractivity contribution in [1.82, 2.24) is 0 Å². The molecule has 0 rings (SSSR count). The van der Waals surface area contributed by atoms with E-state index in [-0.39, 0.29) is 12.5 Å². The van der Waals surface area contributed by atoms with Crippen molar-refractivity contribution in [3.05, 3.63) is 12.2 Å². The Morgan fingerprint density at radius 2 is 1.94 bits per heavy atom. The van der Waals surface area contributed by atoms with E-state index in [2.05, 4.69) is 6.92 Å². The Balaban J connectivity index is 3.54. The van der Waals surface area contributed by atoms with E-state index in [4.69, 9.17) is 9.84 Å². The summed E-state index contributed by atoms with van der Waals surface area (Å²) in [7, 11) is 1.75. The first-order valence-electron chi connectivity index (χ1n) is 7.10. The topological polar surface area (TPSA) is 46.5 Å². The van der Waals surface area contributed by atoms with Crippen LogP contribution in [0, 0.1) is 0 Å². The number of hydrogen-bond donors (Lipinski definition) is 1. The van der Waals surface area contributed by atoms with E-state index in [9.17, 15) is 4.79 Å². The molecule has 3 heteroatoms. The second-order valence-electron chi connectivity index (χ2n) is 4.70. The van der Waals surface area contributed by atoms with Crippen molar-refractivity contribution in [2.24, 2.45) is 0 Å². The van der Waals surface area contributed by atoms with Crippen LogP contribution in [-0.2, 0) is 9.53 Å². The van der Waals surface area contributed by atoms with Gasteiger partial charge in [-0.1, -0.05) is 51.2 Å². The number of allylic oxidation sites excluding steroid dienone is 1. The molecule has 0 amide bonds. The molecule has 0 saturated heterocycles. The van der Waals surface area contributed by atoms with E-state index in [1.165, 1.54) is 32.1 Å². The molecule has 0 radical (unpaired) electrons. The normalized spacial score (nSPS) is 13.0. The number of carbonyl (C=O) groups is 1. The number of aliphatic carboxylic acids is 1. The Labute approximate surface area is 111 Å². The Hall–Kier alpha value is -0.830. The molecule has 18 heavy (non-hydrogen) atoms. The van der Waals surface area contributed by atoms with Gasteiger partial charge in [-0.05, 0) is 19.3 Å². The van der Waals surface area contributed by atoms with E-state index < -0.39 is 5.97 Å². The number of carboxylic acids is 1. The fourth-order valence-corrected chi connectivity index (χ4v) is 1.88. The smallest absolute Gasteiger partial charge is 0.303 e. The lowest BCUT2D eigenvalue weighted by Gasteiger charge is -2.12. The summed E-state index contributed by atoms with van der Waals surface area (Å²) in [5, 5.41) is 8.50. The lowest BCUT2D eigenvalue weighted by Crippen LogP contribution is -2.08. The molecular formula is C15H28O3. The van der Waals surface area contributed by atoms with E-state index in [1.807, 2.05) is 12.2 Å². The van der Waals surface area contributed by atoms with Gasteiger partial charge in [-0.2, -0.15) is 0 Å². The van der Waals surface area contributed by atoms with Gasteiger partial charge in [0.05, 0.1) is 6.10 Å². The zero-order chi connectivity index (χ0) is 13.6. The molecule has 0 bridgehead atoms. The first kappa shape index (κ1) is 17.2. The van der Waals surface area contributed by atoms with Gasteiger partial charge in [0.2, 0.25) is 0 Å². The van der Waals surface area contributed by atoms with Gasteiger partial charge in [0.1, 0.15) is 0 Å². The molecule has 0 aromatic carbocycles. The fraction of sp³-hybridized carbons (Fsp3) is 0.800. The van der Waals surface area contributed by atoms with Crippen LogP contribution in [0.5, 0.6) is 0 Å². The minimum Gasteiger partial charge on any atom is -0.481 e. The zero-order valence-electron chi connectivity index (χ0n) is 11.9. The molecule has 0 aromatic rings. The summed E-state index contributed by atoms with van der Waals surface area (Å²) in [5.74, 6) is -0.737. The maximum Gasteiger partial charge on any atom is 0.303 e. The molecular weight excluding hydrogens is 228 g/mol. The molecule has 0 heterocycles. The fourth-order valence-electron chi connectivity index (χ4n) is 1.88. The summed E-state index contributed by atoms with van der Waals surface area (Å²) in [6, 6.07) is 0. The number of carboxylic acid groups (broad SMARTS) is 1. The van der Waals surface area contributed by atoms with Crippen LogP contribution < -0.4 is 0 Å². The average Bonchev–Trinajstić information content (AvgIpc) is 2.35. The number of ether oxygens (including phenoxy) is 1. The molecule has 0 aliphatic rings. The van der Waals surface area contributed by atoms with Crippen molar-refractivity contribution in [1.29, 1.82) is 0 Å².